The number of para-hydroxylation sites is 1. The minimum Gasteiger partial charge on any atom is -0.508 e. The third-order valence-corrected chi connectivity index (χ3v) is 8.69. The second-order valence-electron chi connectivity index (χ2n) is 13.4. The first kappa shape index (κ1) is 30.4. The van der Waals surface area contributed by atoms with E-state index in [0.29, 0.717) is 37.9 Å². The second-order valence-corrected chi connectivity index (χ2v) is 13.4. The number of amides is 3. The lowest BCUT2D eigenvalue weighted by Crippen LogP contribution is -2.60. The first-order chi connectivity index (χ1) is 20.2. The summed E-state index contributed by atoms with van der Waals surface area (Å²) in [7, 11) is 0. The maximum Gasteiger partial charge on any atom is 0.408 e. The van der Waals surface area contributed by atoms with Crippen molar-refractivity contribution in [1.82, 2.24) is 20.5 Å². The lowest BCUT2D eigenvalue weighted by Gasteiger charge is -2.41. The van der Waals surface area contributed by atoms with E-state index in [0.717, 1.165) is 22.0 Å². The number of alkyl carbamates (subject to hydrolysis) is 1. The molecule has 1 saturated heterocycles. The minimum absolute atomic E-state index is 0.101. The normalized spacial score (nSPS) is 18.7. The van der Waals surface area contributed by atoms with E-state index in [2.05, 4.69) is 15.6 Å². The molecule has 2 heterocycles. The molecule has 1 fully saturated rings. The zero-order valence-corrected chi connectivity index (χ0v) is 25.5. The number of nitrogens with one attached hydrogen (secondary N) is 3. The predicted octanol–water partition coefficient (Wildman–Crippen LogP) is 4.20. The van der Waals surface area contributed by atoms with E-state index in [9.17, 15) is 24.6 Å². The number of aromatic nitrogens is 1. The Bertz CT molecular complexity index is 1530. The van der Waals surface area contributed by atoms with Crippen LogP contribution in [-0.4, -0.2) is 68.3 Å². The molecule has 10 nitrogen and oxygen atoms in total. The summed E-state index contributed by atoms with van der Waals surface area (Å²) >= 11 is 0. The van der Waals surface area contributed by atoms with Gasteiger partial charge in [-0.2, -0.15) is 0 Å². The highest BCUT2D eigenvalue weighted by molar-refractivity contribution is 5.94. The zero-order chi connectivity index (χ0) is 31.2. The van der Waals surface area contributed by atoms with Crippen LogP contribution in [0.5, 0.6) is 5.75 Å². The SMILES string of the molecule is CC(C)(C)OC(=O)NC(C)(C)C(=O)N[C@H](Cc1c[nH]c2ccccc12)C(=O)N1CCC2(CC1)C[C@H](O)c1c(O)cccc12. The molecular formula is C33H42N4O6. The molecule has 3 amide bonds. The summed E-state index contributed by atoms with van der Waals surface area (Å²) in [4.78, 5) is 45.1. The molecule has 0 unspecified atom stereocenters. The van der Waals surface area contributed by atoms with Gasteiger partial charge in [-0.3, -0.25) is 9.59 Å². The summed E-state index contributed by atoms with van der Waals surface area (Å²) in [5, 5.41) is 27.7. The number of hydrogen-bond donors (Lipinski definition) is 5. The van der Waals surface area contributed by atoms with Crippen LogP contribution in [0.1, 0.15) is 76.7 Å². The number of piperidine rings is 1. The first-order valence-electron chi connectivity index (χ1n) is 14.9. The molecule has 0 radical (unpaired) electrons. The van der Waals surface area contributed by atoms with Crippen molar-refractivity contribution < 1.29 is 29.3 Å². The molecule has 5 N–H and O–H groups in total. The van der Waals surface area contributed by atoms with E-state index in [1.54, 1.807) is 51.7 Å². The number of carbonyl (C=O) groups is 3. The molecule has 2 aromatic carbocycles. The maximum absolute atomic E-state index is 14.1. The number of phenolic OH excluding ortho intramolecular Hbond substituents is 1. The van der Waals surface area contributed by atoms with Crippen LogP contribution in [0.2, 0.25) is 0 Å². The Hall–Kier alpha value is -4.05. The number of fused-ring (bicyclic) bond motifs is 3. The van der Waals surface area contributed by atoms with Crippen molar-refractivity contribution >= 4 is 28.8 Å². The Morgan fingerprint density at radius 1 is 1.07 bits per heavy atom. The third kappa shape index (κ3) is 6.20. The summed E-state index contributed by atoms with van der Waals surface area (Å²) in [6.07, 6.45) is 2.41. The van der Waals surface area contributed by atoms with Crippen LogP contribution in [0.3, 0.4) is 0 Å². The average Bonchev–Trinajstić information content (AvgIpc) is 3.45. The van der Waals surface area contributed by atoms with Gasteiger partial charge in [0.05, 0.1) is 6.10 Å². The number of carbonyl (C=O) groups excluding carboxylic acids is 3. The topological polar surface area (TPSA) is 144 Å². The summed E-state index contributed by atoms with van der Waals surface area (Å²) in [5.74, 6) is -0.617. The number of rotatable bonds is 6. The third-order valence-electron chi connectivity index (χ3n) is 8.69. The highest BCUT2D eigenvalue weighted by Crippen LogP contribution is 2.53. The number of H-pyrrole nitrogens is 1. The summed E-state index contributed by atoms with van der Waals surface area (Å²) in [6.45, 7) is 9.26. The first-order valence-corrected chi connectivity index (χ1v) is 14.9. The Morgan fingerprint density at radius 3 is 2.47 bits per heavy atom. The van der Waals surface area contributed by atoms with Crippen molar-refractivity contribution in [3.05, 3.63) is 65.4 Å². The Kier molecular flexibility index (Phi) is 7.94. The van der Waals surface area contributed by atoms with Crippen molar-refractivity contribution in [2.24, 2.45) is 0 Å². The number of benzene rings is 2. The summed E-state index contributed by atoms with van der Waals surface area (Å²) in [6, 6.07) is 12.3. The molecule has 3 aromatic rings. The quantitative estimate of drug-likeness (QED) is 0.291. The van der Waals surface area contributed by atoms with Gasteiger partial charge in [-0.05, 0) is 77.1 Å². The van der Waals surface area contributed by atoms with E-state index >= 15 is 0 Å². The van der Waals surface area contributed by atoms with E-state index in [1.807, 2.05) is 36.5 Å². The minimum atomic E-state index is -1.35. The number of aliphatic hydroxyl groups is 1. The molecule has 1 aliphatic heterocycles. The van der Waals surface area contributed by atoms with Gasteiger partial charge >= 0.3 is 6.09 Å². The van der Waals surface area contributed by atoms with Crippen molar-refractivity contribution in [2.45, 2.75) is 89.0 Å². The second kappa shape index (κ2) is 11.2. The van der Waals surface area contributed by atoms with Crippen LogP contribution in [0.4, 0.5) is 4.79 Å². The molecule has 0 bridgehead atoms. The van der Waals surface area contributed by atoms with Crippen LogP contribution in [0.25, 0.3) is 10.9 Å². The molecular weight excluding hydrogens is 548 g/mol. The zero-order valence-electron chi connectivity index (χ0n) is 25.5. The van der Waals surface area contributed by atoms with E-state index in [4.69, 9.17) is 4.74 Å². The number of nitrogens with zero attached hydrogens (tertiary/aromatic N) is 1. The fourth-order valence-electron chi connectivity index (χ4n) is 6.47. The van der Waals surface area contributed by atoms with Gasteiger partial charge < -0.3 is 35.5 Å². The van der Waals surface area contributed by atoms with Gasteiger partial charge in [0.25, 0.3) is 0 Å². The highest BCUT2D eigenvalue weighted by Gasteiger charge is 2.47. The van der Waals surface area contributed by atoms with Crippen molar-refractivity contribution in [1.29, 1.82) is 0 Å². The number of hydrogen-bond acceptors (Lipinski definition) is 6. The van der Waals surface area contributed by atoms with Crippen LogP contribution in [0.15, 0.2) is 48.7 Å². The molecule has 230 valence electrons. The van der Waals surface area contributed by atoms with Crippen LogP contribution < -0.4 is 10.6 Å². The van der Waals surface area contributed by atoms with Crippen molar-refractivity contribution in [2.75, 3.05) is 13.1 Å². The van der Waals surface area contributed by atoms with Gasteiger partial charge in [-0.15, -0.1) is 0 Å². The molecule has 0 saturated carbocycles. The van der Waals surface area contributed by atoms with Gasteiger partial charge in [-0.1, -0.05) is 30.3 Å². The Balaban J connectivity index is 1.35. The van der Waals surface area contributed by atoms with Crippen LogP contribution >= 0.6 is 0 Å². The van der Waals surface area contributed by atoms with E-state index < -0.39 is 35.3 Å². The number of likely N-dealkylation sites (tertiary alicyclic amines) is 1. The number of aliphatic hydroxyl groups excluding tert-OH is 1. The van der Waals surface area contributed by atoms with Gasteiger partial charge in [0, 0.05) is 47.6 Å². The highest BCUT2D eigenvalue weighted by atomic mass is 16.6. The average molecular weight is 591 g/mol. The lowest BCUT2D eigenvalue weighted by atomic mass is 9.73. The monoisotopic (exact) mass is 590 g/mol. The number of aromatic amines is 1. The van der Waals surface area contributed by atoms with Crippen LogP contribution in [0, 0.1) is 0 Å². The van der Waals surface area contributed by atoms with Crippen LogP contribution in [-0.2, 0) is 26.2 Å². The molecule has 10 heteroatoms. The predicted molar refractivity (Wildman–Crippen MR) is 163 cm³/mol. The molecule has 2 atom stereocenters. The van der Waals surface area contributed by atoms with Gasteiger partial charge in [0.2, 0.25) is 11.8 Å². The number of phenols is 1. The fraction of sp³-hybridized carbons (Fsp3) is 0.485. The molecule has 1 aromatic heterocycles. The fourth-order valence-corrected chi connectivity index (χ4v) is 6.47. The largest absolute Gasteiger partial charge is 0.508 e. The van der Waals surface area contributed by atoms with Crippen molar-refractivity contribution in [3.8, 4) is 5.75 Å². The summed E-state index contributed by atoms with van der Waals surface area (Å²) < 4.78 is 5.35. The van der Waals surface area contributed by atoms with Gasteiger partial charge in [-0.25, -0.2) is 4.79 Å². The molecule has 1 spiro atoms. The van der Waals surface area contributed by atoms with E-state index in [1.165, 1.54) is 0 Å². The molecule has 43 heavy (non-hydrogen) atoms. The molecule has 5 rings (SSSR count). The maximum atomic E-state index is 14.1. The number of aromatic hydroxyl groups is 1. The summed E-state index contributed by atoms with van der Waals surface area (Å²) in [5.41, 5.74) is 0.965. The Morgan fingerprint density at radius 2 is 1.77 bits per heavy atom. The standard InChI is InChI=1S/C33H42N4O6/c1-31(2,3)43-30(42)36-32(4,5)29(41)35-24(17-20-19-34-23-11-7-6-9-21(20)23)28(40)37-15-13-33(14-16-37)18-26(39)27-22(33)10-8-12-25(27)38/h6-12,19,24,26,34,38-39H,13-18H2,1-5H3,(H,35,41)(H,36,42)/t24-,26+/m1/s1. The van der Waals surface area contributed by atoms with E-state index in [-0.39, 0.29) is 23.5 Å². The smallest absolute Gasteiger partial charge is 0.408 e. The van der Waals surface area contributed by atoms with Crippen molar-refractivity contribution in [3.63, 3.8) is 0 Å². The lowest BCUT2D eigenvalue weighted by molar-refractivity contribution is -0.139. The molecule has 1 aliphatic carbocycles. The van der Waals surface area contributed by atoms with Gasteiger partial charge in [0.1, 0.15) is 22.9 Å². The van der Waals surface area contributed by atoms with Gasteiger partial charge in [0.15, 0.2) is 0 Å². The molecule has 2 aliphatic rings. The number of ether oxygens (including phenoxy) is 1. The Labute approximate surface area is 251 Å².